The molecule has 0 radical (unpaired) electrons. The average Bonchev–Trinajstić information content (AvgIpc) is 2.23. The van der Waals surface area contributed by atoms with Gasteiger partial charge in [0, 0.05) is 6.04 Å². The van der Waals surface area contributed by atoms with Crippen LogP contribution in [0.3, 0.4) is 0 Å². The van der Waals surface area contributed by atoms with Crippen molar-refractivity contribution in [2.24, 2.45) is 11.8 Å². The lowest BCUT2D eigenvalue weighted by Crippen LogP contribution is -2.55. The minimum absolute atomic E-state index is 0.271. The van der Waals surface area contributed by atoms with Gasteiger partial charge in [-0.1, -0.05) is 27.2 Å². The van der Waals surface area contributed by atoms with Gasteiger partial charge in [-0.2, -0.15) is 5.26 Å². The van der Waals surface area contributed by atoms with Crippen LogP contribution >= 0.6 is 0 Å². The highest BCUT2D eigenvalue weighted by Gasteiger charge is 2.41. The molecule has 0 aromatic heterocycles. The summed E-state index contributed by atoms with van der Waals surface area (Å²) >= 11 is 0. The van der Waals surface area contributed by atoms with E-state index in [1.807, 2.05) is 0 Å². The molecule has 0 heterocycles. The van der Waals surface area contributed by atoms with Crippen LogP contribution < -0.4 is 5.32 Å². The molecule has 0 aliphatic heterocycles. The van der Waals surface area contributed by atoms with E-state index in [2.05, 4.69) is 39.1 Å². The second kappa shape index (κ2) is 4.99. The van der Waals surface area contributed by atoms with Gasteiger partial charge in [0.25, 0.3) is 0 Å². The molecule has 1 saturated carbocycles. The summed E-state index contributed by atoms with van der Waals surface area (Å²) < 4.78 is 0. The second-order valence-corrected chi connectivity index (χ2v) is 5.32. The predicted octanol–water partition coefficient (Wildman–Crippen LogP) is 3.09. The zero-order valence-electron chi connectivity index (χ0n) is 10.5. The zero-order valence-corrected chi connectivity index (χ0v) is 10.5. The topological polar surface area (TPSA) is 35.8 Å². The van der Waals surface area contributed by atoms with Crippen LogP contribution in [0.15, 0.2) is 0 Å². The molecule has 1 aliphatic carbocycles. The number of nitrogens with zero attached hydrogens (tertiary/aromatic N) is 1. The lowest BCUT2D eigenvalue weighted by atomic mass is 9.70. The SMILES string of the molecule is CCC(C)NC1(C#N)CC(C)CCC1C. The van der Waals surface area contributed by atoms with Gasteiger partial charge in [-0.15, -0.1) is 0 Å². The van der Waals surface area contributed by atoms with Gasteiger partial charge in [-0.25, -0.2) is 0 Å². The summed E-state index contributed by atoms with van der Waals surface area (Å²) in [7, 11) is 0. The predicted molar refractivity (Wildman–Crippen MR) is 63.4 cm³/mol. The van der Waals surface area contributed by atoms with Crippen molar-refractivity contribution >= 4 is 0 Å². The standard InChI is InChI=1S/C13H24N2/c1-5-12(4)15-13(9-14)8-10(2)6-7-11(13)3/h10-12,15H,5-8H2,1-4H3. The van der Waals surface area contributed by atoms with Crippen molar-refractivity contribution < 1.29 is 0 Å². The fraction of sp³-hybridized carbons (Fsp3) is 0.923. The first kappa shape index (κ1) is 12.5. The van der Waals surface area contributed by atoms with Gasteiger partial charge in [0.2, 0.25) is 0 Å². The lowest BCUT2D eigenvalue weighted by Gasteiger charge is -2.42. The largest absolute Gasteiger partial charge is 0.297 e. The molecule has 0 aromatic rings. The molecular formula is C13H24N2. The Balaban J connectivity index is 2.77. The van der Waals surface area contributed by atoms with Gasteiger partial charge in [-0.05, 0) is 38.0 Å². The zero-order chi connectivity index (χ0) is 11.5. The van der Waals surface area contributed by atoms with E-state index < -0.39 is 0 Å². The van der Waals surface area contributed by atoms with Gasteiger partial charge in [0.05, 0.1) is 6.07 Å². The monoisotopic (exact) mass is 208 g/mol. The third-order valence-electron chi connectivity index (χ3n) is 3.92. The molecule has 4 atom stereocenters. The van der Waals surface area contributed by atoms with E-state index in [4.69, 9.17) is 0 Å². The maximum Gasteiger partial charge on any atom is 0.109 e. The first-order valence-electron chi connectivity index (χ1n) is 6.23. The van der Waals surface area contributed by atoms with Crippen LogP contribution in [0.5, 0.6) is 0 Å². The molecule has 1 rings (SSSR count). The number of rotatable bonds is 3. The molecule has 86 valence electrons. The minimum Gasteiger partial charge on any atom is -0.297 e. The van der Waals surface area contributed by atoms with Crippen molar-refractivity contribution in [3.8, 4) is 6.07 Å². The number of hydrogen-bond acceptors (Lipinski definition) is 2. The van der Waals surface area contributed by atoms with E-state index in [0.29, 0.717) is 17.9 Å². The number of hydrogen-bond donors (Lipinski definition) is 1. The van der Waals surface area contributed by atoms with Crippen LogP contribution in [-0.2, 0) is 0 Å². The Kier molecular flexibility index (Phi) is 4.16. The molecule has 0 amide bonds. The molecule has 1 N–H and O–H groups in total. The van der Waals surface area contributed by atoms with E-state index in [0.717, 1.165) is 12.8 Å². The molecule has 4 unspecified atom stereocenters. The van der Waals surface area contributed by atoms with Gasteiger partial charge in [0.1, 0.15) is 5.54 Å². The van der Waals surface area contributed by atoms with Gasteiger partial charge < -0.3 is 0 Å². The van der Waals surface area contributed by atoms with Gasteiger partial charge in [-0.3, -0.25) is 5.32 Å². The molecule has 15 heavy (non-hydrogen) atoms. The normalized spacial score (nSPS) is 38.3. The fourth-order valence-corrected chi connectivity index (χ4v) is 2.56. The van der Waals surface area contributed by atoms with Crippen LogP contribution in [0.4, 0.5) is 0 Å². The summed E-state index contributed by atoms with van der Waals surface area (Å²) in [5.41, 5.74) is -0.271. The van der Waals surface area contributed by atoms with Crippen molar-refractivity contribution in [1.82, 2.24) is 5.32 Å². The summed E-state index contributed by atoms with van der Waals surface area (Å²) in [6.45, 7) is 8.81. The van der Waals surface area contributed by atoms with Crippen LogP contribution in [0, 0.1) is 23.2 Å². The van der Waals surface area contributed by atoms with E-state index in [-0.39, 0.29) is 5.54 Å². The molecule has 0 spiro atoms. The molecule has 2 heteroatoms. The van der Waals surface area contributed by atoms with Crippen LogP contribution in [0.2, 0.25) is 0 Å². The third kappa shape index (κ3) is 2.72. The summed E-state index contributed by atoms with van der Waals surface area (Å²) in [6.07, 6.45) is 4.55. The summed E-state index contributed by atoms with van der Waals surface area (Å²) in [4.78, 5) is 0. The molecule has 2 nitrogen and oxygen atoms in total. The van der Waals surface area contributed by atoms with Gasteiger partial charge in [0.15, 0.2) is 0 Å². The summed E-state index contributed by atoms with van der Waals surface area (Å²) in [5.74, 6) is 1.16. The van der Waals surface area contributed by atoms with Crippen molar-refractivity contribution in [2.75, 3.05) is 0 Å². The third-order valence-corrected chi connectivity index (χ3v) is 3.92. The van der Waals surface area contributed by atoms with Gasteiger partial charge >= 0.3 is 0 Å². The Hall–Kier alpha value is -0.550. The smallest absolute Gasteiger partial charge is 0.109 e. The van der Waals surface area contributed by atoms with Crippen LogP contribution in [0.25, 0.3) is 0 Å². The van der Waals surface area contributed by atoms with Crippen molar-refractivity contribution in [2.45, 2.75) is 65.0 Å². The van der Waals surface area contributed by atoms with E-state index >= 15 is 0 Å². The molecule has 0 saturated heterocycles. The highest BCUT2D eigenvalue weighted by molar-refractivity contribution is 5.13. The average molecular weight is 208 g/mol. The Bertz CT molecular complexity index is 243. The number of nitrogens with one attached hydrogen (secondary N) is 1. The van der Waals surface area contributed by atoms with Crippen LogP contribution in [0.1, 0.15) is 53.4 Å². The van der Waals surface area contributed by atoms with Crippen molar-refractivity contribution in [3.63, 3.8) is 0 Å². The first-order valence-corrected chi connectivity index (χ1v) is 6.23. The Morgan fingerprint density at radius 1 is 1.47 bits per heavy atom. The quantitative estimate of drug-likeness (QED) is 0.773. The fourth-order valence-electron chi connectivity index (χ4n) is 2.56. The van der Waals surface area contributed by atoms with Crippen molar-refractivity contribution in [3.05, 3.63) is 0 Å². The molecule has 0 bridgehead atoms. The first-order chi connectivity index (χ1) is 7.04. The van der Waals surface area contributed by atoms with Crippen LogP contribution in [-0.4, -0.2) is 11.6 Å². The van der Waals surface area contributed by atoms with E-state index in [1.54, 1.807) is 0 Å². The molecule has 1 aliphatic rings. The highest BCUT2D eigenvalue weighted by atomic mass is 15.0. The molecule has 1 fully saturated rings. The maximum absolute atomic E-state index is 9.46. The molecular weight excluding hydrogens is 184 g/mol. The second-order valence-electron chi connectivity index (χ2n) is 5.32. The maximum atomic E-state index is 9.46. The lowest BCUT2D eigenvalue weighted by molar-refractivity contribution is 0.156. The van der Waals surface area contributed by atoms with E-state index in [1.165, 1.54) is 12.8 Å². The van der Waals surface area contributed by atoms with E-state index in [9.17, 15) is 5.26 Å². The molecule has 0 aromatic carbocycles. The Labute approximate surface area is 94.1 Å². The van der Waals surface area contributed by atoms with Crippen molar-refractivity contribution in [1.29, 1.82) is 5.26 Å². The summed E-state index contributed by atoms with van der Waals surface area (Å²) in [6, 6.07) is 2.99. The summed E-state index contributed by atoms with van der Waals surface area (Å²) in [5, 5.41) is 13.0. The Morgan fingerprint density at radius 3 is 2.67 bits per heavy atom. The Morgan fingerprint density at radius 2 is 2.13 bits per heavy atom. The highest BCUT2D eigenvalue weighted by Crippen LogP contribution is 2.36. The number of nitriles is 1. The minimum atomic E-state index is -0.271.